The normalized spacial score (nSPS) is 26.9. The van der Waals surface area contributed by atoms with Crippen molar-refractivity contribution in [3.63, 3.8) is 0 Å². The molecule has 14 heavy (non-hydrogen) atoms. The zero-order valence-electron chi connectivity index (χ0n) is 9.12. The molecule has 0 radical (unpaired) electrons. The maximum absolute atomic E-state index is 10.9. The summed E-state index contributed by atoms with van der Waals surface area (Å²) < 4.78 is 0. The van der Waals surface area contributed by atoms with Gasteiger partial charge in [0.05, 0.1) is 6.04 Å². The Bertz CT molecular complexity index is 196. The van der Waals surface area contributed by atoms with E-state index < -0.39 is 0 Å². The largest absolute Gasteiger partial charge is 0.368 e. The lowest BCUT2D eigenvalue weighted by Gasteiger charge is -2.19. The lowest BCUT2D eigenvalue weighted by atomic mass is 10.1. The van der Waals surface area contributed by atoms with E-state index in [1.165, 1.54) is 6.42 Å². The molecule has 0 aromatic rings. The van der Waals surface area contributed by atoms with Gasteiger partial charge < -0.3 is 16.0 Å². The third-order valence-electron chi connectivity index (χ3n) is 2.86. The number of amides is 1. The summed E-state index contributed by atoms with van der Waals surface area (Å²) in [6.45, 7) is 4.09. The van der Waals surface area contributed by atoms with Crippen LogP contribution in [0.2, 0.25) is 0 Å². The lowest BCUT2D eigenvalue weighted by molar-refractivity contribution is -0.119. The summed E-state index contributed by atoms with van der Waals surface area (Å²) in [7, 11) is 2.14. The van der Waals surface area contributed by atoms with Gasteiger partial charge in [0, 0.05) is 6.04 Å². The first-order chi connectivity index (χ1) is 6.59. The Morgan fingerprint density at radius 3 is 2.86 bits per heavy atom. The average Bonchev–Trinajstić information content (AvgIpc) is 2.31. The maximum Gasteiger partial charge on any atom is 0.234 e. The molecule has 0 bridgehead atoms. The van der Waals surface area contributed by atoms with Gasteiger partial charge in [-0.25, -0.2) is 0 Å². The number of nitrogens with one attached hydrogen (secondary N) is 1. The predicted molar refractivity (Wildman–Crippen MR) is 56.9 cm³/mol. The van der Waals surface area contributed by atoms with Gasteiger partial charge in [0.25, 0.3) is 0 Å². The second-order valence-electron chi connectivity index (χ2n) is 4.22. The summed E-state index contributed by atoms with van der Waals surface area (Å²) in [4.78, 5) is 13.2. The smallest absolute Gasteiger partial charge is 0.234 e. The Morgan fingerprint density at radius 2 is 2.21 bits per heavy atom. The summed E-state index contributed by atoms with van der Waals surface area (Å²) in [5, 5.41) is 3.28. The van der Waals surface area contributed by atoms with Gasteiger partial charge in [0.15, 0.2) is 0 Å². The van der Waals surface area contributed by atoms with Crippen molar-refractivity contribution < 1.29 is 4.79 Å². The monoisotopic (exact) mass is 199 g/mol. The van der Waals surface area contributed by atoms with Crippen LogP contribution in [0.15, 0.2) is 0 Å². The van der Waals surface area contributed by atoms with Crippen molar-refractivity contribution in [2.45, 2.75) is 38.3 Å². The predicted octanol–water partition coefficient (Wildman–Crippen LogP) is -0.0659. The van der Waals surface area contributed by atoms with E-state index in [0.29, 0.717) is 6.04 Å². The van der Waals surface area contributed by atoms with Crippen molar-refractivity contribution in [2.24, 2.45) is 5.73 Å². The quantitative estimate of drug-likeness (QED) is 0.669. The van der Waals surface area contributed by atoms with Crippen molar-refractivity contribution in [3.05, 3.63) is 0 Å². The number of primary amides is 1. The second-order valence-corrected chi connectivity index (χ2v) is 4.22. The van der Waals surface area contributed by atoms with Crippen LogP contribution in [0.1, 0.15) is 26.2 Å². The molecule has 4 nitrogen and oxygen atoms in total. The maximum atomic E-state index is 10.9. The molecule has 2 atom stereocenters. The Morgan fingerprint density at radius 1 is 1.50 bits per heavy atom. The average molecular weight is 199 g/mol. The first-order valence-electron chi connectivity index (χ1n) is 5.33. The minimum atomic E-state index is -0.261. The van der Waals surface area contributed by atoms with E-state index in [1.54, 1.807) is 0 Å². The van der Waals surface area contributed by atoms with Crippen LogP contribution in [0.5, 0.6) is 0 Å². The van der Waals surface area contributed by atoms with E-state index in [4.69, 9.17) is 5.73 Å². The molecule has 0 aromatic carbocycles. The van der Waals surface area contributed by atoms with E-state index in [-0.39, 0.29) is 11.9 Å². The first kappa shape index (κ1) is 11.5. The van der Waals surface area contributed by atoms with Crippen LogP contribution in [0.4, 0.5) is 0 Å². The molecule has 82 valence electrons. The van der Waals surface area contributed by atoms with Gasteiger partial charge in [-0.1, -0.05) is 0 Å². The van der Waals surface area contributed by atoms with Crippen molar-refractivity contribution in [2.75, 3.05) is 20.1 Å². The summed E-state index contributed by atoms with van der Waals surface area (Å²) in [5.41, 5.74) is 5.21. The summed E-state index contributed by atoms with van der Waals surface area (Å²) in [6.07, 6.45) is 3.44. The van der Waals surface area contributed by atoms with Gasteiger partial charge in [0.2, 0.25) is 5.91 Å². The third-order valence-corrected chi connectivity index (χ3v) is 2.86. The minimum absolute atomic E-state index is 0.205. The molecule has 2 unspecified atom stereocenters. The molecule has 3 N–H and O–H groups in total. The van der Waals surface area contributed by atoms with Gasteiger partial charge in [-0.05, 0) is 46.3 Å². The third kappa shape index (κ3) is 3.64. The SMILES string of the molecule is CC(NC1CCCN(C)CC1)C(N)=O. The lowest BCUT2D eigenvalue weighted by Crippen LogP contribution is -2.44. The molecule has 4 heteroatoms. The van der Waals surface area contributed by atoms with Gasteiger partial charge in [-0.2, -0.15) is 0 Å². The Balaban J connectivity index is 2.33. The number of hydrogen-bond acceptors (Lipinski definition) is 3. The van der Waals surface area contributed by atoms with Crippen LogP contribution in [-0.2, 0) is 4.79 Å². The van der Waals surface area contributed by atoms with Crippen LogP contribution < -0.4 is 11.1 Å². The van der Waals surface area contributed by atoms with Crippen LogP contribution in [0, 0.1) is 0 Å². The van der Waals surface area contributed by atoms with E-state index in [9.17, 15) is 4.79 Å². The Kier molecular flexibility index (Phi) is 4.35. The van der Waals surface area contributed by atoms with Crippen molar-refractivity contribution in [3.8, 4) is 0 Å². The van der Waals surface area contributed by atoms with Crippen molar-refractivity contribution >= 4 is 5.91 Å². The zero-order chi connectivity index (χ0) is 10.6. The summed E-state index contributed by atoms with van der Waals surface area (Å²) >= 11 is 0. The van der Waals surface area contributed by atoms with E-state index in [2.05, 4.69) is 17.3 Å². The van der Waals surface area contributed by atoms with Crippen LogP contribution in [0.25, 0.3) is 0 Å². The standard InChI is InChI=1S/C10H21N3O/c1-8(10(11)14)12-9-4-3-6-13(2)7-5-9/h8-9,12H,3-7H2,1-2H3,(H2,11,14). The van der Waals surface area contributed by atoms with E-state index in [1.807, 2.05) is 6.92 Å². The molecule has 1 rings (SSSR count). The molecule has 1 saturated heterocycles. The van der Waals surface area contributed by atoms with Crippen LogP contribution in [-0.4, -0.2) is 43.0 Å². The fourth-order valence-electron chi connectivity index (χ4n) is 1.84. The van der Waals surface area contributed by atoms with Gasteiger partial charge in [-0.15, -0.1) is 0 Å². The van der Waals surface area contributed by atoms with Crippen LogP contribution in [0.3, 0.4) is 0 Å². The van der Waals surface area contributed by atoms with Crippen molar-refractivity contribution in [1.82, 2.24) is 10.2 Å². The number of hydrogen-bond donors (Lipinski definition) is 2. The molecule has 0 aromatic heterocycles. The van der Waals surface area contributed by atoms with Crippen molar-refractivity contribution in [1.29, 1.82) is 0 Å². The molecule has 0 saturated carbocycles. The molecule has 1 amide bonds. The molecule has 1 heterocycles. The number of carbonyl (C=O) groups is 1. The van der Waals surface area contributed by atoms with Gasteiger partial charge in [0.1, 0.15) is 0 Å². The van der Waals surface area contributed by atoms with Crippen LogP contribution >= 0.6 is 0 Å². The number of likely N-dealkylation sites (tertiary alicyclic amines) is 1. The summed E-state index contributed by atoms with van der Waals surface area (Å²) in [5.74, 6) is -0.261. The Labute approximate surface area is 85.8 Å². The van der Waals surface area contributed by atoms with E-state index in [0.717, 1.165) is 25.9 Å². The van der Waals surface area contributed by atoms with Gasteiger partial charge >= 0.3 is 0 Å². The molecular formula is C10H21N3O. The highest BCUT2D eigenvalue weighted by Gasteiger charge is 2.18. The molecule has 0 aliphatic carbocycles. The molecule has 0 spiro atoms. The molecule has 1 aliphatic rings. The minimum Gasteiger partial charge on any atom is -0.368 e. The number of rotatable bonds is 3. The highest BCUT2D eigenvalue weighted by molar-refractivity contribution is 5.79. The number of nitrogens with two attached hydrogens (primary N) is 1. The number of nitrogens with zero attached hydrogens (tertiary/aromatic N) is 1. The van der Waals surface area contributed by atoms with Gasteiger partial charge in [-0.3, -0.25) is 4.79 Å². The second kappa shape index (κ2) is 5.32. The Hall–Kier alpha value is -0.610. The number of carbonyl (C=O) groups excluding carboxylic acids is 1. The highest BCUT2D eigenvalue weighted by Crippen LogP contribution is 2.09. The zero-order valence-corrected chi connectivity index (χ0v) is 9.12. The highest BCUT2D eigenvalue weighted by atomic mass is 16.1. The fraction of sp³-hybridized carbons (Fsp3) is 0.900. The molecular weight excluding hydrogens is 178 g/mol. The topological polar surface area (TPSA) is 58.4 Å². The summed E-state index contributed by atoms with van der Waals surface area (Å²) in [6, 6.07) is 0.242. The fourth-order valence-corrected chi connectivity index (χ4v) is 1.84. The van der Waals surface area contributed by atoms with E-state index >= 15 is 0 Å². The first-order valence-corrected chi connectivity index (χ1v) is 5.33. The molecule has 1 fully saturated rings. The molecule has 1 aliphatic heterocycles.